The smallest absolute Gasteiger partial charge is 0.136 e. The van der Waals surface area contributed by atoms with E-state index in [1.165, 1.54) is 5.56 Å². The number of anilines is 1. The van der Waals surface area contributed by atoms with E-state index in [2.05, 4.69) is 46.6 Å². The average molecular weight is 359 g/mol. The Kier molecular flexibility index (Phi) is 3.39. The topological polar surface area (TPSA) is 61.7 Å². The molecule has 0 saturated heterocycles. The van der Waals surface area contributed by atoms with Crippen LogP contribution in [-0.2, 0) is 7.05 Å². The first-order valence-electron chi connectivity index (χ1n) is 5.84. The van der Waals surface area contributed by atoms with E-state index in [9.17, 15) is 0 Å². The molecule has 1 atom stereocenters. The number of nitrogens with two attached hydrogens (primary N) is 1. The van der Waals surface area contributed by atoms with Crippen LogP contribution < -0.4 is 5.73 Å². The van der Waals surface area contributed by atoms with Crippen molar-refractivity contribution in [3.05, 3.63) is 26.2 Å². The second-order valence-corrected chi connectivity index (χ2v) is 5.69. The van der Waals surface area contributed by atoms with E-state index in [4.69, 9.17) is 5.73 Å². The van der Waals surface area contributed by atoms with Gasteiger partial charge in [0.05, 0.1) is 21.0 Å². The molecule has 2 N–H and O–H groups in total. The molecule has 0 spiro atoms. The molecule has 5 nitrogen and oxygen atoms in total. The Labute approximate surface area is 120 Å². The maximum atomic E-state index is 6.11. The molecular formula is C12H18IN5. The van der Waals surface area contributed by atoms with E-state index in [1.54, 1.807) is 0 Å². The zero-order valence-corrected chi connectivity index (χ0v) is 13.5. The highest BCUT2D eigenvalue weighted by Gasteiger charge is 2.21. The van der Waals surface area contributed by atoms with E-state index in [1.807, 2.05) is 30.3 Å². The number of aryl methyl sites for hydroxylation is 3. The largest absolute Gasteiger partial charge is 0.383 e. The van der Waals surface area contributed by atoms with E-state index >= 15 is 0 Å². The Hall–Kier alpha value is -1.05. The molecule has 0 aliphatic carbocycles. The van der Waals surface area contributed by atoms with Gasteiger partial charge < -0.3 is 5.73 Å². The molecule has 0 fully saturated rings. The van der Waals surface area contributed by atoms with Crippen LogP contribution in [0.5, 0.6) is 0 Å². The van der Waals surface area contributed by atoms with Gasteiger partial charge in [-0.3, -0.25) is 4.68 Å². The average Bonchev–Trinajstić information content (AvgIpc) is 2.70. The Balaban J connectivity index is 2.54. The Bertz CT molecular complexity index is 596. The fourth-order valence-corrected chi connectivity index (χ4v) is 2.71. The van der Waals surface area contributed by atoms with Gasteiger partial charge in [0.1, 0.15) is 5.82 Å². The van der Waals surface area contributed by atoms with Crippen molar-refractivity contribution in [2.75, 3.05) is 5.73 Å². The minimum Gasteiger partial charge on any atom is -0.383 e. The number of halogens is 1. The second-order valence-electron chi connectivity index (χ2n) is 4.61. The Morgan fingerprint density at radius 3 is 2.17 bits per heavy atom. The number of nitrogens with zero attached hydrogens (tertiary/aromatic N) is 4. The van der Waals surface area contributed by atoms with Crippen LogP contribution in [-0.4, -0.2) is 19.6 Å². The zero-order valence-electron chi connectivity index (χ0n) is 11.3. The molecule has 2 heterocycles. The third kappa shape index (κ3) is 1.92. The van der Waals surface area contributed by atoms with Crippen molar-refractivity contribution in [3.8, 4) is 0 Å². The first-order valence-corrected chi connectivity index (χ1v) is 6.92. The van der Waals surface area contributed by atoms with Crippen molar-refractivity contribution in [3.63, 3.8) is 0 Å². The van der Waals surface area contributed by atoms with Gasteiger partial charge in [-0.15, -0.1) is 0 Å². The molecule has 0 bridgehead atoms. The Morgan fingerprint density at radius 1 is 1.17 bits per heavy atom. The van der Waals surface area contributed by atoms with Crippen molar-refractivity contribution < 1.29 is 0 Å². The quantitative estimate of drug-likeness (QED) is 0.838. The molecular weight excluding hydrogens is 341 g/mol. The fraction of sp³-hybridized carbons (Fsp3) is 0.500. The van der Waals surface area contributed by atoms with Crippen LogP contribution in [0.25, 0.3) is 0 Å². The van der Waals surface area contributed by atoms with E-state index < -0.39 is 0 Å². The monoisotopic (exact) mass is 359 g/mol. The summed E-state index contributed by atoms with van der Waals surface area (Å²) in [6.45, 7) is 8.18. The van der Waals surface area contributed by atoms with Crippen LogP contribution in [0.2, 0.25) is 0 Å². The molecule has 2 aromatic rings. The summed E-state index contributed by atoms with van der Waals surface area (Å²) in [6, 6.07) is 0.0981. The predicted molar refractivity (Wildman–Crippen MR) is 80.6 cm³/mol. The van der Waals surface area contributed by atoms with Gasteiger partial charge in [0.25, 0.3) is 0 Å². The van der Waals surface area contributed by atoms with E-state index in [0.29, 0.717) is 0 Å². The minimum absolute atomic E-state index is 0.0981. The first kappa shape index (κ1) is 13.4. The maximum absolute atomic E-state index is 6.11. The molecule has 0 amide bonds. The van der Waals surface area contributed by atoms with Crippen LogP contribution in [0.15, 0.2) is 0 Å². The minimum atomic E-state index is 0.0981. The van der Waals surface area contributed by atoms with Gasteiger partial charge in [0.15, 0.2) is 0 Å². The first-order chi connectivity index (χ1) is 8.34. The number of aromatic nitrogens is 4. The summed E-state index contributed by atoms with van der Waals surface area (Å²) < 4.78 is 4.81. The van der Waals surface area contributed by atoms with Gasteiger partial charge in [-0.1, -0.05) is 0 Å². The molecule has 0 radical (unpaired) electrons. The standard InChI is InChI=1S/C12H18IN5/c1-6-10(8(3)17(5)15-6)9(4)18-12(14)11(13)7(2)16-18/h9H,14H2,1-5H3. The SMILES string of the molecule is Cc1nn(C(C)c2c(C)nn(C)c2C)c(N)c1I. The van der Waals surface area contributed by atoms with Gasteiger partial charge >= 0.3 is 0 Å². The summed E-state index contributed by atoms with van der Waals surface area (Å²) >= 11 is 2.24. The van der Waals surface area contributed by atoms with Crippen molar-refractivity contribution in [1.29, 1.82) is 0 Å². The maximum Gasteiger partial charge on any atom is 0.136 e. The molecule has 1 unspecified atom stereocenters. The molecule has 98 valence electrons. The van der Waals surface area contributed by atoms with Gasteiger partial charge in [0, 0.05) is 18.3 Å². The molecule has 0 aliphatic heterocycles. The summed E-state index contributed by atoms with van der Waals surface area (Å²) in [6.07, 6.45) is 0. The fourth-order valence-electron chi connectivity index (χ4n) is 2.36. The van der Waals surface area contributed by atoms with Crippen molar-refractivity contribution in [2.24, 2.45) is 7.05 Å². The van der Waals surface area contributed by atoms with Gasteiger partial charge in [-0.25, -0.2) is 4.68 Å². The van der Waals surface area contributed by atoms with E-state index in [-0.39, 0.29) is 6.04 Å². The highest BCUT2D eigenvalue weighted by molar-refractivity contribution is 14.1. The third-order valence-corrected chi connectivity index (χ3v) is 4.73. The number of nitrogen functional groups attached to an aromatic ring is 1. The van der Waals surface area contributed by atoms with Crippen LogP contribution in [0.4, 0.5) is 5.82 Å². The van der Waals surface area contributed by atoms with Gasteiger partial charge in [-0.2, -0.15) is 10.2 Å². The highest BCUT2D eigenvalue weighted by atomic mass is 127. The highest BCUT2D eigenvalue weighted by Crippen LogP contribution is 2.29. The predicted octanol–water partition coefficient (Wildman–Crippen LogP) is 2.34. The van der Waals surface area contributed by atoms with Crippen LogP contribution in [0, 0.1) is 24.3 Å². The summed E-state index contributed by atoms with van der Waals surface area (Å²) in [5, 5.41) is 8.97. The summed E-state index contributed by atoms with van der Waals surface area (Å²) in [5.41, 5.74) is 10.5. The molecule has 0 aliphatic rings. The van der Waals surface area contributed by atoms with Gasteiger partial charge in [-0.05, 0) is 50.3 Å². The lowest BCUT2D eigenvalue weighted by molar-refractivity contribution is 0.563. The number of hydrogen-bond acceptors (Lipinski definition) is 3. The lowest BCUT2D eigenvalue weighted by atomic mass is 10.1. The molecule has 18 heavy (non-hydrogen) atoms. The van der Waals surface area contributed by atoms with Crippen molar-refractivity contribution in [2.45, 2.75) is 33.7 Å². The van der Waals surface area contributed by atoms with E-state index in [0.717, 1.165) is 26.5 Å². The molecule has 2 aromatic heterocycles. The normalized spacial score (nSPS) is 13.0. The molecule has 0 aromatic carbocycles. The zero-order chi connectivity index (χ0) is 13.6. The second kappa shape index (κ2) is 4.56. The van der Waals surface area contributed by atoms with Gasteiger partial charge in [0.2, 0.25) is 0 Å². The molecule has 6 heteroatoms. The Morgan fingerprint density at radius 2 is 1.78 bits per heavy atom. The lowest BCUT2D eigenvalue weighted by Gasteiger charge is -2.15. The van der Waals surface area contributed by atoms with Crippen LogP contribution in [0.1, 0.15) is 35.6 Å². The molecule has 2 rings (SSSR count). The summed E-state index contributed by atoms with van der Waals surface area (Å²) in [5.74, 6) is 0.725. The summed E-state index contributed by atoms with van der Waals surface area (Å²) in [7, 11) is 1.96. The number of rotatable bonds is 2. The molecule has 0 saturated carbocycles. The lowest BCUT2D eigenvalue weighted by Crippen LogP contribution is -2.13. The van der Waals surface area contributed by atoms with Crippen LogP contribution >= 0.6 is 22.6 Å². The number of hydrogen-bond donors (Lipinski definition) is 1. The summed E-state index contributed by atoms with van der Waals surface area (Å²) in [4.78, 5) is 0. The van der Waals surface area contributed by atoms with Crippen molar-refractivity contribution in [1.82, 2.24) is 19.6 Å². The van der Waals surface area contributed by atoms with Crippen molar-refractivity contribution >= 4 is 28.4 Å². The third-order valence-electron chi connectivity index (χ3n) is 3.40. The van der Waals surface area contributed by atoms with Crippen LogP contribution in [0.3, 0.4) is 0 Å².